The van der Waals surface area contributed by atoms with E-state index in [1.54, 1.807) is 0 Å². The second-order valence-corrected chi connectivity index (χ2v) is 3.78. The van der Waals surface area contributed by atoms with Crippen molar-refractivity contribution in [3.05, 3.63) is 35.4 Å². The van der Waals surface area contributed by atoms with E-state index >= 15 is 0 Å². The first kappa shape index (κ1) is 9.65. The lowest BCUT2D eigenvalue weighted by Gasteiger charge is -2.09. The highest BCUT2D eigenvalue weighted by atomic mass is 17.2. The summed E-state index contributed by atoms with van der Waals surface area (Å²) in [5, 5.41) is 0. The lowest BCUT2D eigenvalue weighted by Crippen LogP contribution is -2.18. The van der Waals surface area contributed by atoms with Gasteiger partial charge < -0.3 is 5.73 Å². The van der Waals surface area contributed by atoms with Crippen LogP contribution in [0.15, 0.2) is 24.3 Å². The van der Waals surface area contributed by atoms with E-state index in [1.807, 2.05) is 12.1 Å². The molecule has 0 amide bonds. The van der Waals surface area contributed by atoms with Crippen molar-refractivity contribution >= 4 is 0 Å². The summed E-state index contributed by atoms with van der Waals surface area (Å²) in [4.78, 5) is 9.36. The van der Waals surface area contributed by atoms with Crippen LogP contribution in [0.2, 0.25) is 0 Å². The molecule has 76 valence electrons. The van der Waals surface area contributed by atoms with Crippen LogP contribution in [0.1, 0.15) is 24.0 Å². The third-order valence-electron chi connectivity index (χ3n) is 2.66. The van der Waals surface area contributed by atoms with Gasteiger partial charge in [-0.3, -0.25) is 0 Å². The summed E-state index contributed by atoms with van der Waals surface area (Å²) in [6.07, 6.45) is 2.20. The van der Waals surface area contributed by atoms with Gasteiger partial charge in [0.25, 0.3) is 0 Å². The van der Waals surface area contributed by atoms with Gasteiger partial charge >= 0.3 is 0 Å². The minimum Gasteiger partial charge on any atom is -0.321 e. The van der Waals surface area contributed by atoms with E-state index in [0.717, 1.165) is 18.4 Å². The van der Waals surface area contributed by atoms with E-state index in [4.69, 9.17) is 10.6 Å². The number of hydrogen-bond acceptors (Lipinski definition) is 3. The lowest BCUT2D eigenvalue weighted by atomic mass is 10.0. The monoisotopic (exact) mass is 193 g/mol. The Hall–Kier alpha value is -0.900. The summed E-state index contributed by atoms with van der Waals surface area (Å²) in [5.74, 6) is 0. The fraction of sp³-hybridized carbons (Fsp3) is 0.455. The third-order valence-corrected chi connectivity index (χ3v) is 2.66. The Balaban J connectivity index is 2.03. The molecule has 0 atom stereocenters. The molecule has 1 aliphatic rings. The van der Waals surface area contributed by atoms with Crippen LogP contribution in [-0.4, -0.2) is 7.11 Å². The molecule has 1 aromatic rings. The topological polar surface area (TPSA) is 44.5 Å². The fourth-order valence-corrected chi connectivity index (χ4v) is 1.48. The third kappa shape index (κ3) is 1.95. The van der Waals surface area contributed by atoms with Crippen molar-refractivity contribution in [2.45, 2.75) is 25.0 Å². The molecule has 0 radical (unpaired) electrons. The highest BCUT2D eigenvalue weighted by molar-refractivity contribution is 5.31. The molecule has 0 spiro atoms. The lowest BCUT2D eigenvalue weighted by molar-refractivity contribution is -0.282. The molecule has 0 aromatic heterocycles. The molecule has 0 heterocycles. The Morgan fingerprint density at radius 1 is 1.29 bits per heavy atom. The van der Waals surface area contributed by atoms with Crippen molar-refractivity contribution in [1.29, 1.82) is 0 Å². The van der Waals surface area contributed by atoms with Gasteiger partial charge in [0.2, 0.25) is 0 Å². The largest absolute Gasteiger partial charge is 0.321 e. The standard InChI is InChI=1S/C11H15NO2/c1-13-14-8-9-2-4-10(5-3-9)11(12)6-7-11/h2-5H,6-8,12H2,1H3. The summed E-state index contributed by atoms with van der Waals surface area (Å²) in [6.45, 7) is 0.481. The maximum Gasteiger partial charge on any atom is 0.107 e. The molecule has 2 N–H and O–H groups in total. The molecule has 2 rings (SSSR count). The average Bonchev–Trinajstić information content (AvgIpc) is 2.96. The highest BCUT2D eigenvalue weighted by Gasteiger charge is 2.39. The van der Waals surface area contributed by atoms with Gasteiger partial charge in [-0.25, -0.2) is 9.78 Å². The van der Waals surface area contributed by atoms with Crippen molar-refractivity contribution < 1.29 is 9.78 Å². The molecule has 1 aromatic carbocycles. The molecule has 1 fully saturated rings. The first-order valence-corrected chi connectivity index (χ1v) is 4.78. The van der Waals surface area contributed by atoms with Gasteiger partial charge in [-0.1, -0.05) is 24.3 Å². The van der Waals surface area contributed by atoms with Crippen LogP contribution in [0.5, 0.6) is 0 Å². The maximum atomic E-state index is 6.06. The van der Waals surface area contributed by atoms with Crippen LogP contribution in [0.3, 0.4) is 0 Å². The molecule has 0 aliphatic heterocycles. The van der Waals surface area contributed by atoms with Crippen LogP contribution in [0.25, 0.3) is 0 Å². The smallest absolute Gasteiger partial charge is 0.107 e. The van der Waals surface area contributed by atoms with Gasteiger partial charge in [0.15, 0.2) is 0 Å². The summed E-state index contributed by atoms with van der Waals surface area (Å²) in [5.41, 5.74) is 8.34. The van der Waals surface area contributed by atoms with Crippen molar-refractivity contribution in [2.24, 2.45) is 5.73 Å². The van der Waals surface area contributed by atoms with Crippen molar-refractivity contribution in [3.8, 4) is 0 Å². The second kappa shape index (κ2) is 3.69. The highest BCUT2D eigenvalue weighted by Crippen LogP contribution is 2.42. The van der Waals surface area contributed by atoms with Gasteiger partial charge in [-0.15, -0.1) is 0 Å². The summed E-state index contributed by atoms with van der Waals surface area (Å²) in [6, 6.07) is 8.20. The predicted molar refractivity (Wildman–Crippen MR) is 53.3 cm³/mol. The molecule has 1 saturated carbocycles. The Morgan fingerprint density at radius 3 is 2.43 bits per heavy atom. The fourth-order valence-electron chi connectivity index (χ4n) is 1.48. The van der Waals surface area contributed by atoms with E-state index in [2.05, 4.69) is 17.0 Å². The Kier molecular flexibility index (Phi) is 2.54. The molecule has 0 bridgehead atoms. The van der Waals surface area contributed by atoms with Crippen LogP contribution in [0, 0.1) is 0 Å². The van der Waals surface area contributed by atoms with Crippen LogP contribution in [0.4, 0.5) is 0 Å². The van der Waals surface area contributed by atoms with Gasteiger partial charge in [0, 0.05) is 5.54 Å². The van der Waals surface area contributed by atoms with Crippen molar-refractivity contribution in [1.82, 2.24) is 0 Å². The molecule has 0 unspecified atom stereocenters. The summed E-state index contributed by atoms with van der Waals surface area (Å²) < 4.78 is 0. The Bertz CT molecular complexity index is 304. The average molecular weight is 193 g/mol. The van der Waals surface area contributed by atoms with E-state index in [-0.39, 0.29) is 5.54 Å². The minimum absolute atomic E-state index is 0.0410. The zero-order valence-corrected chi connectivity index (χ0v) is 8.32. The van der Waals surface area contributed by atoms with E-state index in [9.17, 15) is 0 Å². The zero-order valence-electron chi connectivity index (χ0n) is 8.32. The van der Waals surface area contributed by atoms with E-state index < -0.39 is 0 Å². The van der Waals surface area contributed by atoms with Crippen LogP contribution in [-0.2, 0) is 21.9 Å². The minimum atomic E-state index is -0.0410. The van der Waals surface area contributed by atoms with Crippen molar-refractivity contribution in [2.75, 3.05) is 7.11 Å². The Labute approximate surface area is 83.7 Å². The van der Waals surface area contributed by atoms with E-state index in [1.165, 1.54) is 12.7 Å². The first-order valence-electron chi connectivity index (χ1n) is 4.78. The van der Waals surface area contributed by atoms with Gasteiger partial charge in [-0.05, 0) is 24.0 Å². The predicted octanol–water partition coefficient (Wildman–Crippen LogP) is 1.71. The Morgan fingerprint density at radius 2 is 1.93 bits per heavy atom. The van der Waals surface area contributed by atoms with Gasteiger partial charge in [0.1, 0.15) is 6.61 Å². The van der Waals surface area contributed by atoms with Crippen LogP contribution >= 0.6 is 0 Å². The summed E-state index contributed by atoms with van der Waals surface area (Å²) in [7, 11) is 1.51. The molecule has 3 heteroatoms. The van der Waals surface area contributed by atoms with Crippen molar-refractivity contribution in [3.63, 3.8) is 0 Å². The first-order chi connectivity index (χ1) is 6.74. The number of benzene rings is 1. The second-order valence-electron chi connectivity index (χ2n) is 3.78. The molecular formula is C11H15NO2. The molecular weight excluding hydrogens is 178 g/mol. The van der Waals surface area contributed by atoms with Crippen LogP contribution < -0.4 is 5.73 Å². The van der Waals surface area contributed by atoms with Gasteiger partial charge in [-0.2, -0.15) is 0 Å². The number of rotatable bonds is 4. The van der Waals surface area contributed by atoms with Gasteiger partial charge in [0.05, 0.1) is 7.11 Å². The molecule has 3 nitrogen and oxygen atoms in total. The molecule has 1 aliphatic carbocycles. The van der Waals surface area contributed by atoms with E-state index in [0.29, 0.717) is 6.61 Å². The SMILES string of the molecule is COOCc1ccc(C2(N)CC2)cc1. The number of nitrogens with two attached hydrogens (primary N) is 1. The zero-order chi connectivity index (χ0) is 10.0. The molecule has 0 saturated heterocycles. The number of hydrogen-bond donors (Lipinski definition) is 1. The maximum absolute atomic E-state index is 6.06. The quantitative estimate of drug-likeness (QED) is 0.585. The molecule has 14 heavy (non-hydrogen) atoms. The normalized spacial score (nSPS) is 18.1. The summed E-state index contributed by atoms with van der Waals surface area (Å²) >= 11 is 0.